The Kier molecular flexibility index (Phi) is 7.42. The van der Waals surface area contributed by atoms with E-state index in [4.69, 9.17) is 15.2 Å². The minimum Gasteiger partial charge on any atom is -0.379 e. The third kappa shape index (κ3) is 5.61. The highest BCUT2D eigenvalue weighted by molar-refractivity contribution is 7.11. The molecule has 2 N–H and O–H groups in total. The zero-order valence-electron chi connectivity index (χ0n) is 9.91. The van der Waals surface area contributed by atoms with Crippen LogP contribution in [0.3, 0.4) is 0 Å². The summed E-state index contributed by atoms with van der Waals surface area (Å²) in [5, 5.41) is 0. The number of thiophene rings is 1. The molecule has 0 atom stereocenters. The molecular formula is C12H21NO2S. The van der Waals surface area contributed by atoms with E-state index in [0.29, 0.717) is 26.4 Å². The first kappa shape index (κ1) is 13.6. The zero-order valence-corrected chi connectivity index (χ0v) is 10.7. The van der Waals surface area contributed by atoms with Crippen LogP contribution in [0.15, 0.2) is 12.1 Å². The third-order valence-electron chi connectivity index (χ3n) is 2.18. The Morgan fingerprint density at radius 3 is 2.56 bits per heavy atom. The first-order valence-electron chi connectivity index (χ1n) is 5.80. The molecule has 0 saturated carbocycles. The molecule has 92 valence electrons. The molecule has 1 aromatic heterocycles. The molecule has 0 spiro atoms. The standard InChI is InChI=1S/C12H21NO2S/c1-2-3-6-14-7-8-15-10-12-5-4-11(9-13)16-12/h4-5H,2-3,6-10,13H2,1H3. The van der Waals surface area contributed by atoms with Gasteiger partial charge in [-0.1, -0.05) is 13.3 Å². The second-order valence-electron chi connectivity index (χ2n) is 3.59. The maximum Gasteiger partial charge on any atom is 0.0810 e. The predicted molar refractivity (Wildman–Crippen MR) is 67.6 cm³/mol. The van der Waals surface area contributed by atoms with Crippen LogP contribution in [-0.4, -0.2) is 19.8 Å². The van der Waals surface area contributed by atoms with Crippen LogP contribution in [0.5, 0.6) is 0 Å². The first-order chi connectivity index (χ1) is 7.86. The zero-order chi connectivity index (χ0) is 11.6. The van der Waals surface area contributed by atoms with Crippen LogP contribution in [-0.2, 0) is 22.6 Å². The van der Waals surface area contributed by atoms with Crippen molar-refractivity contribution in [3.05, 3.63) is 21.9 Å². The summed E-state index contributed by atoms with van der Waals surface area (Å²) >= 11 is 1.71. The molecule has 0 bridgehead atoms. The van der Waals surface area contributed by atoms with Gasteiger partial charge in [0.25, 0.3) is 0 Å². The molecule has 4 heteroatoms. The molecule has 0 fully saturated rings. The van der Waals surface area contributed by atoms with Crippen LogP contribution in [0.25, 0.3) is 0 Å². The van der Waals surface area contributed by atoms with Crippen LogP contribution >= 0.6 is 11.3 Å². The van der Waals surface area contributed by atoms with Gasteiger partial charge in [0.1, 0.15) is 0 Å². The fourth-order valence-corrected chi connectivity index (χ4v) is 2.08. The molecule has 1 aromatic rings. The Hall–Kier alpha value is -0.420. The van der Waals surface area contributed by atoms with Gasteiger partial charge in [-0.2, -0.15) is 0 Å². The summed E-state index contributed by atoms with van der Waals surface area (Å²) in [5.74, 6) is 0. The number of unbranched alkanes of at least 4 members (excludes halogenated alkanes) is 1. The summed E-state index contributed by atoms with van der Waals surface area (Å²) in [7, 11) is 0. The van der Waals surface area contributed by atoms with E-state index in [-0.39, 0.29) is 0 Å². The van der Waals surface area contributed by atoms with E-state index < -0.39 is 0 Å². The smallest absolute Gasteiger partial charge is 0.0810 e. The third-order valence-corrected chi connectivity index (χ3v) is 3.26. The Balaban J connectivity index is 1.98. The lowest BCUT2D eigenvalue weighted by Gasteiger charge is -2.03. The van der Waals surface area contributed by atoms with Gasteiger partial charge in [0.2, 0.25) is 0 Å². The van der Waals surface area contributed by atoms with Crippen LogP contribution in [0.1, 0.15) is 29.5 Å². The Morgan fingerprint density at radius 1 is 1.12 bits per heavy atom. The summed E-state index contributed by atoms with van der Waals surface area (Å²) in [5.41, 5.74) is 5.54. The number of hydrogen-bond acceptors (Lipinski definition) is 4. The maximum absolute atomic E-state index is 5.54. The van der Waals surface area contributed by atoms with Crippen molar-refractivity contribution in [1.82, 2.24) is 0 Å². The molecule has 1 rings (SSSR count). The first-order valence-corrected chi connectivity index (χ1v) is 6.61. The highest BCUT2D eigenvalue weighted by Crippen LogP contribution is 2.16. The van der Waals surface area contributed by atoms with Gasteiger partial charge in [-0.3, -0.25) is 0 Å². The second kappa shape index (κ2) is 8.70. The van der Waals surface area contributed by atoms with Gasteiger partial charge < -0.3 is 15.2 Å². The van der Waals surface area contributed by atoms with E-state index in [2.05, 4.69) is 19.1 Å². The van der Waals surface area contributed by atoms with Crippen LogP contribution in [0, 0.1) is 0 Å². The van der Waals surface area contributed by atoms with Crippen molar-refractivity contribution < 1.29 is 9.47 Å². The lowest BCUT2D eigenvalue weighted by Crippen LogP contribution is -2.04. The van der Waals surface area contributed by atoms with E-state index in [9.17, 15) is 0 Å². The van der Waals surface area contributed by atoms with Crippen molar-refractivity contribution in [3.63, 3.8) is 0 Å². The van der Waals surface area contributed by atoms with Crippen molar-refractivity contribution in [1.29, 1.82) is 0 Å². The van der Waals surface area contributed by atoms with Crippen LogP contribution < -0.4 is 5.73 Å². The Bertz CT molecular complexity index is 276. The highest BCUT2D eigenvalue weighted by Gasteiger charge is 1.98. The minimum atomic E-state index is 0.616. The largest absolute Gasteiger partial charge is 0.379 e. The molecule has 0 aliphatic carbocycles. The normalized spacial score (nSPS) is 10.9. The van der Waals surface area contributed by atoms with Gasteiger partial charge in [-0.25, -0.2) is 0 Å². The summed E-state index contributed by atoms with van der Waals surface area (Å²) in [6.07, 6.45) is 2.31. The predicted octanol–water partition coefficient (Wildman–Crippen LogP) is 2.54. The van der Waals surface area contributed by atoms with Gasteiger partial charge in [-0.15, -0.1) is 11.3 Å². The van der Waals surface area contributed by atoms with Crippen LogP contribution in [0.4, 0.5) is 0 Å². The molecule has 0 aromatic carbocycles. The van der Waals surface area contributed by atoms with Crippen LogP contribution in [0.2, 0.25) is 0 Å². The van der Waals surface area contributed by atoms with E-state index >= 15 is 0 Å². The fraction of sp³-hybridized carbons (Fsp3) is 0.667. The van der Waals surface area contributed by atoms with Gasteiger partial charge in [0.05, 0.1) is 19.8 Å². The fourth-order valence-electron chi connectivity index (χ4n) is 1.25. The van der Waals surface area contributed by atoms with Crippen molar-refractivity contribution in [2.24, 2.45) is 5.73 Å². The number of hydrogen-bond donors (Lipinski definition) is 1. The summed E-state index contributed by atoms with van der Waals surface area (Å²) in [4.78, 5) is 2.44. The molecular weight excluding hydrogens is 222 g/mol. The molecule has 0 saturated heterocycles. The average molecular weight is 243 g/mol. The number of rotatable bonds is 9. The van der Waals surface area contributed by atoms with Crippen molar-refractivity contribution in [2.45, 2.75) is 32.9 Å². The molecule has 0 amide bonds. The molecule has 1 heterocycles. The van der Waals surface area contributed by atoms with E-state index in [0.717, 1.165) is 13.0 Å². The molecule has 0 radical (unpaired) electrons. The summed E-state index contributed by atoms with van der Waals surface area (Å²) in [6, 6.07) is 4.13. The summed E-state index contributed by atoms with van der Waals surface area (Å²) in [6.45, 7) is 5.64. The minimum absolute atomic E-state index is 0.616. The van der Waals surface area contributed by atoms with Crippen molar-refractivity contribution >= 4 is 11.3 Å². The molecule has 0 aliphatic heterocycles. The highest BCUT2D eigenvalue weighted by atomic mass is 32.1. The van der Waals surface area contributed by atoms with Crippen molar-refractivity contribution in [3.8, 4) is 0 Å². The van der Waals surface area contributed by atoms with Gasteiger partial charge in [0.15, 0.2) is 0 Å². The SMILES string of the molecule is CCCCOCCOCc1ccc(CN)s1. The Labute approximate surface area is 102 Å². The lowest BCUT2D eigenvalue weighted by atomic mass is 10.4. The number of nitrogens with two attached hydrogens (primary N) is 1. The monoisotopic (exact) mass is 243 g/mol. The topological polar surface area (TPSA) is 44.5 Å². The second-order valence-corrected chi connectivity index (χ2v) is 4.84. The van der Waals surface area contributed by atoms with E-state index in [1.807, 2.05) is 0 Å². The van der Waals surface area contributed by atoms with E-state index in [1.54, 1.807) is 11.3 Å². The van der Waals surface area contributed by atoms with Crippen molar-refractivity contribution in [2.75, 3.05) is 19.8 Å². The van der Waals surface area contributed by atoms with Gasteiger partial charge >= 0.3 is 0 Å². The average Bonchev–Trinajstić information content (AvgIpc) is 2.76. The number of ether oxygens (including phenoxy) is 2. The quantitative estimate of drug-likeness (QED) is 0.678. The molecule has 0 aliphatic rings. The maximum atomic E-state index is 5.54. The molecule has 16 heavy (non-hydrogen) atoms. The Morgan fingerprint density at radius 2 is 1.88 bits per heavy atom. The van der Waals surface area contributed by atoms with E-state index in [1.165, 1.54) is 16.2 Å². The van der Waals surface area contributed by atoms with Gasteiger partial charge in [-0.05, 0) is 18.6 Å². The van der Waals surface area contributed by atoms with Gasteiger partial charge in [0, 0.05) is 22.9 Å². The molecule has 0 unspecified atom stereocenters. The lowest BCUT2D eigenvalue weighted by molar-refractivity contribution is 0.0406. The summed E-state index contributed by atoms with van der Waals surface area (Å²) < 4.78 is 10.9. The molecule has 3 nitrogen and oxygen atoms in total.